The number of likely N-dealkylation sites (N-methyl/N-ethyl adjacent to an activating group) is 1. The molecule has 0 aromatic heterocycles. The minimum atomic E-state index is -0.994. The van der Waals surface area contributed by atoms with Gasteiger partial charge in [-0.15, -0.1) is 0 Å². The highest BCUT2D eigenvalue weighted by molar-refractivity contribution is 5.89. The number of benzene rings is 1. The lowest BCUT2D eigenvalue weighted by atomic mass is 10.2. The van der Waals surface area contributed by atoms with Gasteiger partial charge in [0.25, 0.3) is 0 Å². The fourth-order valence-electron chi connectivity index (χ4n) is 1.65. The molecule has 5 nitrogen and oxygen atoms in total. The molecule has 3 N–H and O–H groups in total. The molecule has 0 saturated carbocycles. The van der Waals surface area contributed by atoms with Gasteiger partial charge in [-0.25, -0.2) is 4.79 Å². The number of aromatic carboxylic acids is 1. The molecule has 0 amide bonds. The van der Waals surface area contributed by atoms with Crippen molar-refractivity contribution in [3.05, 3.63) is 23.8 Å². The van der Waals surface area contributed by atoms with E-state index in [1.807, 2.05) is 7.05 Å². The Morgan fingerprint density at radius 3 is 2.53 bits per heavy atom. The molecule has 1 aromatic carbocycles. The van der Waals surface area contributed by atoms with Crippen LogP contribution >= 0.6 is 0 Å². The number of nitrogens with zero attached hydrogens (tertiary/aromatic N) is 1. The first-order valence-corrected chi connectivity index (χ1v) is 6.30. The Hall–Kier alpha value is -1.75. The first kappa shape index (κ1) is 15.3. The number of rotatable bonds is 6. The summed E-state index contributed by atoms with van der Waals surface area (Å²) in [5.41, 5.74) is 6.29. The molecule has 106 valence electrons. The van der Waals surface area contributed by atoms with Crippen molar-refractivity contribution in [3.8, 4) is 5.75 Å². The number of hydrogen-bond donors (Lipinski definition) is 2. The molecule has 1 aromatic rings. The second kappa shape index (κ2) is 6.43. The van der Waals surface area contributed by atoms with E-state index in [9.17, 15) is 4.79 Å². The van der Waals surface area contributed by atoms with Gasteiger partial charge in [0, 0.05) is 12.1 Å². The van der Waals surface area contributed by atoms with E-state index in [2.05, 4.69) is 25.7 Å². The standard InChI is InChI=1S/C14H22N2O3/c1-9(2)16(4)10(3)8-19-13-6-5-11(14(17)18)7-12(13)15/h5-7,9-10H,8,15H2,1-4H3,(H,17,18)/t10-/m0/s1. The van der Waals surface area contributed by atoms with Gasteiger partial charge >= 0.3 is 5.97 Å². The average Bonchev–Trinajstić information content (AvgIpc) is 2.35. The van der Waals surface area contributed by atoms with Crippen LogP contribution < -0.4 is 10.5 Å². The van der Waals surface area contributed by atoms with Gasteiger partial charge in [-0.2, -0.15) is 0 Å². The largest absolute Gasteiger partial charge is 0.490 e. The molecule has 0 saturated heterocycles. The van der Waals surface area contributed by atoms with Gasteiger partial charge in [0.15, 0.2) is 0 Å². The van der Waals surface area contributed by atoms with Crippen molar-refractivity contribution in [2.45, 2.75) is 32.9 Å². The average molecular weight is 266 g/mol. The predicted octanol–water partition coefficient (Wildman–Crippen LogP) is 2.07. The molecule has 1 atom stereocenters. The Balaban J connectivity index is 2.66. The Kier molecular flexibility index (Phi) is 5.18. The summed E-state index contributed by atoms with van der Waals surface area (Å²) < 4.78 is 5.65. The summed E-state index contributed by atoms with van der Waals surface area (Å²) in [5, 5.41) is 8.85. The van der Waals surface area contributed by atoms with Crippen molar-refractivity contribution < 1.29 is 14.6 Å². The molecule has 5 heteroatoms. The van der Waals surface area contributed by atoms with E-state index >= 15 is 0 Å². The topological polar surface area (TPSA) is 75.8 Å². The second-order valence-corrected chi connectivity index (χ2v) is 4.98. The second-order valence-electron chi connectivity index (χ2n) is 4.98. The van der Waals surface area contributed by atoms with Crippen LogP contribution in [0.4, 0.5) is 5.69 Å². The fraction of sp³-hybridized carbons (Fsp3) is 0.500. The summed E-state index contributed by atoms with van der Waals surface area (Å²) in [5.74, 6) is -0.472. The Bertz CT molecular complexity index is 446. The van der Waals surface area contributed by atoms with Gasteiger partial charge in [0.05, 0.1) is 11.3 Å². The molecule has 0 radical (unpaired) electrons. The first-order valence-electron chi connectivity index (χ1n) is 6.30. The number of anilines is 1. The molecular weight excluding hydrogens is 244 g/mol. The first-order chi connectivity index (χ1) is 8.82. The van der Waals surface area contributed by atoms with Crippen LogP contribution in [0.3, 0.4) is 0 Å². The highest BCUT2D eigenvalue weighted by Gasteiger charge is 2.14. The number of nitrogen functional groups attached to an aromatic ring is 1. The van der Waals surface area contributed by atoms with E-state index in [0.29, 0.717) is 24.1 Å². The molecular formula is C14H22N2O3. The summed E-state index contributed by atoms with van der Waals surface area (Å²) in [4.78, 5) is 13.0. The summed E-state index contributed by atoms with van der Waals surface area (Å²) in [6, 6.07) is 5.18. The molecule has 0 spiro atoms. The van der Waals surface area contributed by atoms with E-state index in [1.165, 1.54) is 12.1 Å². The number of nitrogens with two attached hydrogens (primary N) is 1. The lowest BCUT2D eigenvalue weighted by Crippen LogP contribution is -2.38. The monoisotopic (exact) mass is 266 g/mol. The summed E-state index contributed by atoms with van der Waals surface area (Å²) in [6.07, 6.45) is 0. The summed E-state index contributed by atoms with van der Waals surface area (Å²) in [6.45, 7) is 6.81. The SMILES string of the molecule is CC(C)N(C)[C@@H](C)COc1ccc(C(=O)O)cc1N. The van der Waals surface area contributed by atoms with E-state index in [4.69, 9.17) is 15.6 Å². The predicted molar refractivity (Wildman–Crippen MR) is 75.7 cm³/mol. The maximum atomic E-state index is 10.8. The smallest absolute Gasteiger partial charge is 0.335 e. The highest BCUT2D eigenvalue weighted by Crippen LogP contribution is 2.23. The third-order valence-corrected chi connectivity index (χ3v) is 3.25. The van der Waals surface area contributed by atoms with Crippen LogP contribution in [0.2, 0.25) is 0 Å². The number of carboxylic acids is 1. The van der Waals surface area contributed by atoms with Crippen molar-refractivity contribution in [3.63, 3.8) is 0 Å². The Morgan fingerprint density at radius 1 is 1.42 bits per heavy atom. The van der Waals surface area contributed by atoms with E-state index < -0.39 is 5.97 Å². The zero-order valence-electron chi connectivity index (χ0n) is 11.9. The van der Waals surface area contributed by atoms with Gasteiger partial charge in [-0.05, 0) is 46.0 Å². The molecule has 0 aliphatic heterocycles. The maximum absolute atomic E-state index is 10.8. The molecule has 0 aliphatic rings. The van der Waals surface area contributed by atoms with E-state index in [-0.39, 0.29) is 11.6 Å². The molecule has 19 heavy (non-hydrogen) atoms. The van der Waals surface area contributed by atoms with Crippen molar-refractivity contribution in [1.82, 2.24) is 4.90 Å². The minimum absolute atomic E-state index is 0.164. The lowest BCUT2D eigenvalue weighted by molar-refractivity contribution is 0.0697. The Labute approximate surface area is 114 Å². The van der Waals surface area contributed by atoms with Crippen molar-refractivity contribution >= 4 is 11.7 Å². The third-order valence-electron chi connectivity index (χ3n) is 3.25. The Morgan fingerprint density at radius 2 is 2.05 bits per heavy atom. The van der Waals surface area contributed by atoms with Crippen LogP contribution in [0.5, 0.6) is 5.75 Å². The van der Waals surface area contributed by atoms with Crippen LogP contribution in [0.1, 0.15) is 31.1 Å². The van der Waals surface area contributed by atoms with Crippen LogP contribution in [0, 0.1) is 0 Å². The molecule has 0 unspecified atom stereocenters. The summed E-state index contributed by atoms with van der Waals surface area (Å²) in [7, 11) is 2.04. The maximum Gasteiger partial charge on any atom is 0.335 e. The third kappa shape index (κ3) is 4.13. The molecule has 0 heterocycles. The van der Waals surface area contributed by atoms with E-state index in [0.717, 1.165) is 0 Å². The normalized spacial score (nSPS) is 12.7. The number of carboxylic acid groups (broad SMARTS) is 1. The van der Waals surface area contributed by atoms with Crippen molar-refractivity contribution in [1.29, 1.82) is 0 Å². The van der Waals surface area contributed by atoms with Crippen LogP contribution in [0.15, 0.2) is 18.2 Å². The van der Waals surface area contributed by atoms with Gasteiger partial charge in [0.1, 0.15) is 12.4 Å². The van der Waals surface area contributed by atoms with Crippen LogP contribution in [0.25, 0.3) is 0 Å². The number of ether oxygens (including phenoxy) is 1. The minimum Gasteiger partial charge on any atom is -0.490 e. The van der Waals surface area contributed by atoms with Crippen molar-refractivity contribution in [2.24, 2.45) is 0 Å². The number of hydrogen-bond acceptors (Lipinski definition) is 4. The van der Waals surface area contributed by atoms with Gasteiger partial charge in [-0.1, -0.05) is 0 Å². The molecule has 0 bridgehead atoms. The molecule has 1 rings (SSSR count). The van der Waals surface area contributed by atoms with Gasteiger partial charge in [-0.3, -0.25) is 4.90 Å². The number of carbonyl (C=O) groups is 1. The zero-order valence-corrected chi connectivity index (χ0v) is 11.9. The quantitative estimate of drug-likeness (QED) is 0.771. The molecule has 0 fully saturated rings. The van der Waals surface area contributed by atoms with E-state index in [1.54, 1.807) is 6.07 Å². The highest BCUT2D eigenvalue weighted by atomic mass is 16.5. The van der Waals surface area contributed by atoms with Gasteiger partial charge < -0.3 is 15.6 Å². The zero-order chi connectivity index (χ0) is 14.6. The van der Waals surface area contributed by atoms with Crippen molar-refractivity contribution in [2.75, 3.05) is 19.4 Å². The van der Waals surface area contributed by atoms with Crippen LogP contribution in [-0.2, 0) is 0 Å². The lowest BCUT2D eigenvalue weighted by Gasteiger charge is -2.28. The fourth-order valence-corrected chi connectivity index (χ4v) is 1.65. The molecule has 0 aliphatic carbocycles. The van der Waals surface area contributed by atoms with Crippen LogP contribution in [-0.4, -0.2) is 41.7 Å². The summed E-state index contributed by atoms with van der Waals surface area (Å²) >= 11 is 0. The van der Waals surface area contributed by atoms with Gasteiger partial charge in [0.2, 0.25) is 0 Å².